The molecule has 1 aliphatic rings. The third-order valence-corrected chi connectivity index (χ3v) is 4.85. The minimum absolute atomic E-state index is 0.00510. The zero-order chi connectivity index (χ0) is 18.0. The fraction of sp³-hybridized carbons (Fsp3) is 0.300. The van der Waals surface area contributed by atoms with Gasteiger partial charge in [-0.2, -0.15) is 0 Å². The molecule has 0 radical (unpaired) electrons. The van der Waals surface area contributed by atoms with E-state index in [0.717, 1.165) is 22.6 Å². The van der Waals surface area contributed by atoms with Gasteiger partial charge in [0.1, 0.15) is 0 Å². The lowest BCUT2D eigenvalue weighted by molar-refractivity contribution is -0.122. The summed E-state index contributed by atoms with van der Waals surface area (Å²) in [6.45, 7) is 0.459. The smallest absolute Gasteiger partial charge is 0.253 e. The highest BCUT2D eigenvalue weighted by Gasteiger charge is 2.44. The van der Waals surface area contributed by atoms with Crippen LogP contribution < -0.4 is 5.32 Å². The van der Waals surface area contributed by atoms with Crippen molar-refractivity contribution < 1.29 is 9.59 Å². The van der Waals surface area contributed by atoms with Crippen LogP contribution in [0.5, 0.6) is 0 Å². The van der Waals surface area contributed by atoms with Gasteiger partial charge in [-0.15, -0.1) is 0 Å². The molecule has 2 amide bonds. The minimum atomic E-state index is -0.0313. The molecule has 5 heteroatoms. The van der Waals surface area contributed by atoms with Gasteiger partial charge in [0, 0.05) is 37.1 Å². The van der Waals surface area contributed by atoms with E-state index < -0.39 is 0 Å². The van der Waals surface area contributed by atoms with Crippen molar-refractivity contribution in [1.29, 1.82) is 0 Å². The van der Waals surface area contributed by atoms with Crippen molar-refractivity contribution >= 4 is 23.4 Å². The van der Waals surface area contributed by atoms with Gasteiger partial charge in [-0.3, -0.25) is 9.59 Å². The first-order chi connectivity index (χ1) is 12.0. The number of amides is 2. The lowest BCUT2D eigenvalue weighted by Gasteiger charge is -2.11. The van der Waals surface area contributed by atoms with Gasteiger partial charge >= 0.3 is 0 Å². The summed E-state index contributed by atoms with van der Waals surface area (Å²) in [5.41, 5.74) is 2.66. The second-order valence-corrected chi connectivity index (χ2v) is 6.99. The first-order valence-corrected chi connectivity index (χ1v) is 8.68. The van der Waals surface area contributed by atoms with Gasteiger partial charge in [-0.25, -0.2) is 0 Å². The SMILES string of the molecule is CN(C)C(=O)c1ccc(CNC(=O)C2CC2c2ccccc2Cl)cc1. The van der Waals surface area contributed by atoms with E-state index in [4.69, 9.17) is 11.6 Å². The molecule has 1 saturated carbocycles. The summed E-state index contributed by atoms with van der Waals surface area (Å²) in [4.78, 5) is 25.7. The zero-order valence-corrected chi connectivity index (χ0v) is 15.1. The summed E-state index contributed by atoms with van der Waals surface area (Å²) in [6.07, 6.45) is 0.839. The van der Waals surface area contributed by atoms with Gasteiger partial charge in [0.05, 0.1) is 0 Å². The maximum Gasteiger partial charge on any atom is 0.253 e. The maximum absolute atomic E-state index is 12.3. The van der Waals surface area contributed by atoms with Crippen LogP contribution in [-0.2, 0) is 11.3 Å². The molecular formula is C20H21ClN2O2. The quantitative estimate of drug-likeness (QED) is 0.891. The molecule has 0 aromatic heterocycles. The van der Waals surface area contributed by atoms with Gasteiger partial charge in [0.2, 0.25) is 5.91 Å². The molecule has 2 atom stereocenters. The molecule has 2 aromatic carbocycles. The molecule has 1 N–H and O–H groups in total. The Morgan fingerprint density at radius 3 is 2.44 bits per heavy atom. The summed E-state index contributed by atoms with van der Waals surface area (Å²) >= 11 is 6.20. The molecule has 0 aliphatic heterocycles. The van der Waals surface area contributed by atoms with E-state index >= 15 is 0 Å². The number of hydrogen-bond donors (Lipinski definition) is 1. The van der Waals surface area contributed by atoms with Crippen molar-refractivity contribution in [3.63, 3.8) is 0 Å². The number of carbonyl (C=O) groups is 2. The number of benzene rings is 2. The number of hydrogen-bond acceptors (Lipinski definition) is 2. The Morgan fingerprint density at radius 2 is 1.80 bits per heavy atom. The molecule has 0 spiro atoms. The van der Waals surface area contributed by atoms with Crippen LogP contribution in [0.3, 0.4) is 0 Å². The van der Waals surface area contributed by atoms with Crippen molar-refractivity contribution in [2.24, 2.45) is 5.92 Å². The Bertz CT molecular complexity index is 787. The summed E-state index contributed by atoms with van der Waals surface area (Å²) in [6, 6.07) is 15.0. The van der Waals surface area contributed by atoms with Crippen LogP contribution in [0.4, 0.5) is 0 Å². The van der Waals surface area contributed by atoms with Gasteiger partial charge in [0.25, 0.3) is 5.91 Å². The van der Waals surface area contributed by atoms with Gasteiger partial charge in [0.15, 0.2) is 0 Å². The number of halogens is 1. The Labute approximate surface area is 152 Å². The molecule has 0 saturated heterocycles. The maximum atomic E-state index is 12.3. The molecule has 2 unspecified atom stereocenters. The highest BCUT2D eigenvalue weighted by atomic mass is 35.5. The Kier molecular flexibility index (Phi) is 5.09. The van der Waals surface area contributed by atoms with E-state index in [2.05, 4.69) is 5.32 Å². The zero-order valence-electron chi connectivity index (χ0n) is 14.3. The summed E-state index contributed by atoms with van der Waals surface area (Å²) in [5, 5.41) is 3.70. The third-order valence-electron chi connectivity index (χ3n) is 4.51. The monoisotopic (exact) mass is 356 g/mol. The fourth-order valence-corrected chi connectivity index (χ4v) is 3.22. The van der Waals surface area contributed by atoms with E-state index in [1.807, 2.05) is 36.4 Å². The number of nitrogens with one attached hydrogen (secondary N) is 1. The molecular weight excluding hydrogens is 336 g/mol. The molecule has 1 aliphatic carbocycles. The van der Waals surface area contributed by atoms with Crippen molar-refractivity contribution in [2.45, 2.75) is 18.9 Å². The molecule has 0 heterocycles. The first-order valence-electron chi connectivity index (χ1n) is 8.30. The van der Waals surface area contributed by atoms with E-state index in [1.165, 1.54) is 0 Å². The van der Waals surface area contributed by atoms with Crippen LogP contribution in [-0.4, -0.2) is 30.8 Å². The highest BCUT2D eigenvalue weighted by Crippen LogP contribution is 2.49. The lowest BCUT2D eigenvalue weighted by Crippen LogP contribution is -2.25. The van der Waals surface area contributed by atoms with Crippen LogP contribution >= 0.6 is 11.6 Å². The number of rotatable bonds is 5. The molecule has 1 fully saturated rings. The standard InChI is InChI=1S/C20H21ClN2O2/c1-23(2)20(25)14-9-7-13(8-10-14)12-22-19(24)17-11-16(17)15-5-3-4-6-18(15)21/h3-10,16-17H,11-12H2,1-2H3,(H,22,24). The van der Waals surface area contributed by atoms with Gasteiger partial charge in [-0.05, 0) is 41.7 Å². The molecule has 3 rings (SSSR count). The van der Waals surface area contributed by atoms with Crippen LogP contribution in [0.1, 0.15) is 33.8 Å². The number of nitrogens with zero attached hydrogens (tertiary/aromatic N) is 1. The highest BCUT2D eigenvalue weighted by molar-refractivity contribution is 6.31. The van der Waals surface area contributed by atoms with Crippen molar-refractivity contribution in [3.05, 3.63) is 70.2 Å². The van der Waals surface area contributed by atoms with E-state index in [-0.39, 0.29) is 23.7 Å². The van der Waals surface area contributed by atoms with Crippen molar-refractivity contribution in [1.82, 2.24) is 10.2 Å². The summed E-state index contributed by atoms with van der Waals surface area (Å²) in [7, 11) is 3.45. The van der Waals surface area contributed by atoms with Crippen LogP contribution in [0, 0.1) is 5.92 Å². The minimum Gasteiger partial charge on any atom is -0.352 e. The van der Waals surface area contributed by atoms with E-state index in [9.17, 15) is 9.59 Å². The van der Waals surface area contributed by atoms with Crippen LogP contribution in [0.15, 0.2) is 48.5 Å². The lowest BCUT2D eigenvalue weighted by atomic mass is 10.1. The van der Waals surface area contributed by atoms with Crippen molar-refractivity contribution in [3.8, 4) is 0 Å². The molecule has 130 valence electrons. The molecule has 2 aromatic rings. The second-order valence-electron chi connectivity index (χ2n) is 6.58. The Morgan fingerprint density at radius 1 is 1.12 bits per heavy atom. The van der Waals surface area contributed by atoms with E-state index in [1.54, 1.807) is 31.1 Å². The normalized spacial score (nSPS) is 18.5. The molecule has 25 heavy (non-hydrogen) atoms. The van der Waals surface area contributed by atoms with E-state index in [0.29, 0.717) is 12.1 Å². The largest absolute Gasteiger partial charge is 0.352 e. The average Bonchev–Trinajstić information content (AvgIpc) is 3.40. The Hall–Kier alpha value is -2.33. The van der Waals surface area contributed by atoms with Crippen LogP contribution in [0.2, 0.25) is 5.02 Å². The third kappa shape index (κ3) is 4.02. The summed E-state index contributed by atoms with van der Waals surface area (Å²) < 4.78 is 0. The average molecular weight is 357 g/mol. The predicted molar refractivity (Wildman–Crippen MR) is 98.6 cm³/mol. The summed E-state index contributed by atoms with van der Waals surface area (Å²) in [5.74, 6) is 0.234. The fourth-order valence-electron chi connectivity index (χ4n) is 2.95. The molecule has 4 nitrogen and oxygen atoms in total. The second kappa shape index (κ2) is 7.28. The molecule has 0 bridgehead atoms. The van der Waals surface area contributed by atoms with Gasteiger partial charge < -0.3 is 10.2 Å². The predicted octanol–water partition coefficient (Wildman–Crippen LogP) is 3.46. The van der Waals surface area contributed by atoms with Gasteiger partial charge in [-0.1, -0.05) is 41.9 Å². The van der Waals surface area contributed by atoms with Crippen molar-refractivity contribution in [2.75, 3.05) is 14.1 Å². The Balaban J connectivity index is 1.53. The topological polar surface area (TPSA) is 49.4 Å². The van der Waals surface area contributed by atoms with Crippen LogP contribution in [0.25, 0.3) is 0 Å². The number of carbonyl (C=O) groups excluding carboxylic acids is 2. The first kappa shape index (κ1) is 17.5.